The van der Waals surface area contributed by atoms with Crippen LogP contribution in [-0.2, 0) is 30.3 Å². The molecule has 12 nitrogen and oxygen atoms in total. The van der Waals surface area contributed by atoms with Crippen molar-refractivity contribution in [2.45, 2.75) is 31.0 Å². The lowest BCUT2D eigenvalue weighted by atomic mass is 10.1. The molecule has 0 unspecified atom stereocenters. The van der Waals surface area contributed by atoms with Gasteiger partial charge in [0.05, 0.1) is 6.54 Å². The smallest absolute Gasteiger partial charge is 0.324 e. The molecule has 0 aliphatic carbocycles. The Balaban J connectivity index is 0. The predicted octanol–water partition coefficient (Wildman–Crippen LogP) is -1.31. The first kappa shape index (κ1) is 31.5. The SMILES string of the molecule is CSCC[C@H](N)C(=O)O.NCC(=O)O.N[C@@H](COC(=O)[C@@H](N)Cc1ccccc1)C(=O)O. The summed E-state index contributed by atoms with van der Waals surface area (Å²) in [6.07, 6.45) is 2.81. The topological polar surface area (TPSA) is 242 Å². The molecule has 0 heterocycles. The van der Waals surface area contributed by atoms with Crippen LogP contribution in [0.3, 0.4) is 0 Å². The van der Waals surface area contributed by atoms with Gasteiger partial charge in [-0.15, -0.1) is 0 Å². The average Bonchev–Trinajstić information content (AvgIpc) is 2.76. The van der Waals surface area contributed by atoms with Crippen molar-refractivity contribution in [3.05, 3.63) is 35.9 Å². The highest BCUT2D eigenvalue weighted by Crippen LogP contribution is 2.03. The van der Waals surface area contributed by atoms with Gasteiger partial charge in [-0.1, -0.05) is 30.3 Å². The highest BCUT2D eigenvalue weighted by atomic mass is 32.2. The van der Waals surface area contributed by atoms with Gasteiger partial charge < -0.3 is 43.0 Å². The summed E-state index contributed by atoms with van der Waals surface area (Å²) in [7, 11) is 0. The summed E-state index contributed by atoms with van der Waals surface area (Å²) in [5.74, 6) is -2.95. The number of carboxylic acid groups (broad SMARTS) is 3. The van der Waals surface area contributed by atoms with Gasteiger partial charge in [0.25, 0.3) is 0 Å². The first-order valence-electron chi connectivity index (χ1n) is 9.29. The van der Waals surface area contributed by atoms with Crippen molar-refractivity contribution < 1.29 is 39.2 Å². The lowest BCUT2D eigenvalue weighted by Crippen LogP contribution is -2.40. The molecule has 0 aromatic heterocycles. The highest BCUT2D eigenvalue weighted by molar-refractivity contribution is 7.98. The zero-order valence-electron chi connectivity index (χ0n) is 17.8. The molecule has 1 aromatic rings. The number of aliphatic carboxylic acids is 3. The molecule has 0 aliphatic heterocycles. The lowest BCUT2D eigenvalue weighted by molar-refractivity contribution is -0.149. The summed E-state index contributed by atoms with van der Waals surface area (Å²) in [5, 5.41) is 24.4. The van der Waals surface area contributed by atoms with E-state index in [2.05, 4.69) is 5.73 Å². The van der Waals surface area contributed by atoms with Crippen LogP contribution >= 0.6 is 11.8 Å². The number of esters is 1. The molecule has 0 fully saturated rings. The number of carboxylic acids is 3. The Kier molecular flexibility index (Phi) is 18.7. The van der Waals surface area contributed by atoms with E-state index >= 15 is 0 Å². The van der Waals surface area contributed by atoms with Crippen molar-refractivity contribution in [2.75, 3.05) is 25.2 Å². The fourth-order valence-electron chi connectivity index (χ4n) is 1.67. The third-order valence-electron chi connectivity index (χ3n) is 3.45. The minimum atomic E-state index is -1.22. The van der Waals surface area contributed by atoms with Crippen LogP contribution in [0.5, 0.6) is 0 Å². The van der Waals surface area contributed by atoms with Crippen molar-refractivity contribution in [1.29, 1.82) is 0 Å². The molecule has 0 saturated heterocycles. The van der Waals surface area contributed by atoms with E-state index in [0.29, 0.717) is 12.8 Å². The number of ether oxygens (including phenoxy) is 1. The van der Waals surface area contributed by atoms with E-state index in [1.54, 1.807) is 11.8 Å². The second kappa shape index (κ2) is 19.0. The van der Waals surface area contributed by atoms with Crippen LogP contribution in [0.15, 0.2) is 30.3 Å². The van der Waals surface area contributed by atoms with Crippen LogP contribution in [-0.4, -0.2) is 82.5 Å². The molecule has 32 heavy (non-hydrogen) atoms. The summed E-state index contributed by atoms with van der Waals surface area (Å²) < 4.78 is 4.73. The molecule has 0 spiro atoms. The molecule has 13 heteroatoms. The Morgan fingerprint density at radius 2 is 1.44 bits per heavy atom. The largest absolute Gasteiger partial charge is 0.480 e. The molecule has 182 valence electrons. The summed E-state index contributed by atoms with van der Waals surface area (Å²) in [4.78, 5) is 41.2. The van der Waals surface area contributed by atoms with Crippen molar-refractivity contribution in [2.24, 2.45) is 22.9 Å². The van der Waals surface area contributed by atoms with Gasteiger partial charge in [0.1, 0.15) is 24.7 Å². The number of rotatable bonds is 11. The fourth-order valence-corrected chi connectivity index (χ4v) is 2.16. The van der Waals surface area contributed by atoms with Gasteiger partial charge in [0, 0.05) is 0 Å². The summed E-state index contributed by atoms with van der Waals surface area (Å²) in [6.45, 7) is -0.656. The second-order valence-corrected chi connectivity index (χ2v) is 7.18. The van der Waals surface area contributed by atoms with Gasteiger partial charge in [-0.2, -0.15) is 11.8 Å². The van der Waals surface area contributed by atoms with Crippen molar-refractivity contribution in [3.63, 3.8) is 0 Å². The van der Waals surface area contributed by atoms with Crippen LogP contribution < -0.4 is 22.9 Å². The van der Waals surface area contributed by atoms with E-state index in [0.717, 1.165) is 11.3 Å². The zero-order valence-corrected chi connectivity index (χ0v) is 18.6. The molecule has 3 atom stereocenters. The Hall–Kier alpha value is -2.71. The van der Waals surface area contributed by atoms with Crippen molar-refractivity contribution >= 4 is 35.6 Å². The van der Waals surface area contributed by atoms with Crippen LogP contribution in [0.25, 0.3) is 0 Å². The van der Waals surface area contributed by atoms with E-state index in [1.165, 1.54) is 0 Å². The van der Waals surface area contributed by atoms with Gasteiger partial charge in [-0.3, -0.25) is 19.2 Å². The molecular formula is C19H32N4O8S. The minimum absolute atomic E-state index is 0.278. The average molecular weight is 477 g/mol. The Bertz CT molecular complexity index is 693. The number of nitrogens with two attached hydrogens (primary N) is 4. The standard InChI is InChI=1S/C12H16N2O4.C5H11NO2S.C2H5NO2/c13-9(6-8-4-2-1-3-5-8)12(17)18-7-10(14)11(15)16;1-9-3-2-4(6)5(7)8;3-1-2(4)5/h1-5,9-10H,6-7,13-14H2,(H,15,16);4H,2-3,6H2,1H3,(H,7,8);1,3H2,(H,4,5)/t9-,10-;4-;/m00./s1. The van der Waals surface area contributed by atoms with E-state index < -0.39 is 42.0 Å². The minimum Gasteiger partial charge on any atom is -0.480 e. The normalized spacial score (nSPS) is 12.5. The van der Waals surface area contributed by atoms with Gasteiger partial charge in [-0.25, -0.2) is 0 Å². The van der Waals surface area contributed by atoms with E-state index in [1.807, 2.05) is 36.6 Å². The highest BCUT2D eigenvalue weighted by Gasteiger charge is 2.19. The Labute approximate surface area is 190 Å². The number of benzene rings is 1. The lowest BCUT2D eigenvalue weighted by Gasteiger charge is -2.13. The molecule has 1 rings (SSSR count). The second-order valence-electron chi connectivity index (χ2n) is 6.20. The summed E-state index contributed by atoms with van der Waals surface area (Å²) in [5.41, 5.74) is 21.5. The molecule has 0 radical (unpaired) electrons. The van der Waals surface area contributed by atoms with Crippen LogP contribution in [0.4, 0.5) is 0 Å². The molecule has 0 aliphatic rings. The van der Waals surface area contributed by atoms with Crippen molar-refractivity contribution in [3.8, 4) is 0 Å². The number of carbonyl (C=O) groups is 4. The zero-order chi connectivity index (χ0) is 25.1. The maximum atomic E-state index is 11.5. The van der Waals surface area contributed by atoms with Gasteiger partial charge in [0.2, 0.25) is 0 Å². The number of hydrogen-bond acceptors (Lipinski definition) is 10. The van der Waals surface area contributed by atoms with Crippen molar-refractivity contribution in [1.82, 2.24) is 0 Å². The van der Waals surface area contributed by atoms with Crippen LogP contribution in [0.2, 0.25) is 0 Å². The first-order chi connectivity index (χ1) is 15.0. The third-order valence-corrected chi connectivity index (χ3v) is 4.09. The summed E-state index contributed by atoms with van der Waals surface area (Å²) >= 11 is 1.60. The third kappa shape index (κ3) is 18.1. The predicted molar refractivity (Wildman–Crippen MR) is 120 cm³/mol. The fraction of sp³-hybridized carbons (Fsp3) is 0.474. The van der Waals surface area contributed by atoms with Crippen LogP contribution in [0, 0.1) is 0 Å². The molecule has 0 bridgehead atoms. The number of thioether (sulfide) groups is 1. The van der Waals surface area contributed by atoms with E-state index in [9.17, 15) is 19.2 Å². The number of carbonyl (C=O) groups excluding carboxylic acids is 1. The Morgan fingerprint density at radius 1 is 0.938 bits per heavy atom. The monoisotopic (exact) mass is 476 g/mol. The van der Waals surface area contributed by atoms with Crippen LogP contribution in [0.1, 0.15) is 12.0 Å². The van der Waals surface area contributed by atoms with E-state index in [-0.39, 0.29) is 13.2 Å². The van der Waals surface area contributed by atoms with Gasteiger partial charge >= 0.3 is 23.9 Å². The first-order valence-corrected chi connectivity index (χ1v) is 10.7. The van der Waals surface area contributed by atoms with E-state index in [4.69, 9.17) is 37.3 Å². The van der Waals surface area contributed by atoms with Gasteiger partial charge in [-0.05, 0) is 30.4 Å². The quantitative estimate of drug-likeness (QED) is 0.184. The Morgan fingerprint density at radius 3 is 1.84 bits per heavy atom. The molecule has 1 aromatic carbocycles. The molecule has 11 N–H and O–H groups in total. The molecule has 0 saturated carbocycles. The summed E-state index contributed by atoms with van der Waals surface area (Å²) in [6, 6.07) is 6.50. The maximum Gasteiger partial charge on any atom is 0.324 e. The molecule has 0 amide bonds. The van der Waals surface area contributed by atoms with Gasteiger partial charge in [0.15, 0.2) is 0 Å². The maximum absolute atomic E-state index is 11.5. The number of hydrogen-bond donors (Lipinski definition) is 7. The molecular weight excluding hydrogens is 444 g/mol.